The Bertz CT molecular complexity index is 892. The smallest absolute Gasteiger partial charge is 0.267 e. The van der Waals surface area contributed by atoms with Crippen molar-refractivity contribution >= 4 is 17.5 Å². The van der Waals surface area contributed by atoms with Crippen LogP contribution in [0.2, 0.25) is 0 Å². The minimum atomic E-state index is -0.292. The third-order valence-electron chi connectivity index (χ3n) is 4.94. The second-order valence-corrected chi connectivity index (χ2v) is 7.04. The van der Waals surface area contributed by atoms with Crippen LogP contribution in [0.25, 0.3) is 0 Å². The van der Waals surface area contributed by atoms with Crippen molar-refractivity contribution in [2.45, 2.75) is 45.7 Å². The first-order valence-electron chi connectivity index (χ1n) is 9.13. The Hall–Kier alpha value is -2.96. The largest absolute Gasteiger partial charge is 0.352 e. The zero-order valence-electron chi connectivity index (χ0n) is 15.6. The normalized spacial score (nSPS) is 18.9. The highest BCUT2D eigenvalue weighted by Gasteiger charge is 2.30. The second-order valence-electron chi connectivity index (χ2n) is 7.04. The molecule has 2 N–H and O–H groups in total. The van der Waals surface area contributed by atoms with E-state index in [2.05, 4.69) is 15.7 Å². The molecule has 1 aromatic carbocycles. The molecule has 142 valence electrons. The lowest BCUT2D eigenvalue weighted by atomic mass is 10.1. The molecule has 7 heteroatoms. The Morgan fingerprint density at radius 3 is 2.67 bits per heavy atom. The van der Waals surface area contributed by atoms with Crippen LogP contribution in [0.4, 0.5) is 5.69 Å². The lowest BCUT2D eigenvalue weighted by Gasteiger charge is -2.14. The number of anilines is 1. The third kappa shape index (κ3) is 4.81. The minimum Gasteiger partial charge on any atom is -0.352 e. The first-order valence-corrected chi connectivity index (χ1v) is 9.13. The number of aryl methyl sites for hydroxylation is 2. The molecule has 1 heterocycles. The third-order valence-corrected chi connectivity index (χ3v) is 4.94. The van der Waals surface area contributed by atoms with Gasteiger partial charge in [0.25, 0.3) is 5.56 Å². The summed E-state index contributed by atoms with van der Waals surface area (Å²) in [5.74, 6) is -0.412. The van der Waals surface area contributed by atoms with Crippen molar-refractivity contribution in [3.8, 4) is 0 Å². The first kappa shape index (κ1) is 18.8. The predicted molar refractivity (Wildman–Crippen MR) is 102 cm³/mol. The molecule has 2 atom stereocenters. The molecule has 2 aromatic rings. The standard InChI is InChI=1S/C20H24N4O3/c1-13-10-19(26)24(23-14(13)2)12-18(25)21-17-9-8-15(11-17)20(27)22-16-6-4-3-5-7-16/h3-7,10,15,17H,8-9,11-12H2,1-2H3,(H,21,25)(H,22,27)/t15-,17+/m0/s1. The highest BCUT2D eigenvalue weighted by Crippen LogP contribution is 2.26. The van der Waals surface area contributed by atoms with E-state index in [4.69, 9.17) is 0 Å². The predicted octanol–water partition coefficient (Wildman–Crippen LogP) is 1.78. The Labute approximate surface area is 157 Å². The number of amides is 2. The fraction of sp³-hybridized carbons (Fsp3) is 0.400. The number of nitrogens with zero attached hydrogens (tertiary/aromatic N) is 2. The van der Waals surface area contributed by atoms with Crippen LogP contribution in [0.3, 0.4) is 0 Å². The highest BCUT2D eigenvalue weighted by molar-refractivity contribution is 5.92. The lowest BCUT2D eigenvalue weighted by molar-refractivity contribution is -0.123. The monoisotopic (exact) mass is 368 g/mol. The molecule has 1 saturated carbocycles. The van der Waals surface area contributed by atoms with E-state index < -0.39 is 0 Å². The van der Waals surface area contributed by atoms with Gasteiger partial charge < -0.3 is 10.6 Å². The topological polar surface area (TPSA) is 93.1 Å². The van der Waals surface area contributed by atoms with Gasteiger partial charge in [-0.15, -0.1) is 0 Å². The van der Waals surface area contributed by atoms with E-state index in [-0.39, 0.29) is 35.9 Å². The van der Waals surface area contributed by atoms with Crippen molar-refractivity contribution in [1.82, 2.24) is 15.1 Å². The summed E-state index contributed by atoms with van der Waals surface area (Å²) in [6.07, 6.45) is 2.07. The van der Waals surface area contributed by atoms with Crippen LogP contribution in [0.5, 0.6) is 0 Å². The number of hydrogen-bond donors (Lipinski definition) is 2. The SMILES string of the molecule is Cc1cc(=O)n(CC(=O)N[C@@H]2CC[C@H](C(=O)Nc3ccccc3)C2)nc1C. The molecule has 1 fully saturated rings. The molecule has 1 aliphatic carbocycles. The summed E-state index contributed by atoms with van der Waals surface area (Å²) in [6, 6.07) is 10.8. The van der Waals surface area contributed by atoms with E-state index in [9.17, 15) is 14.4 Å². The van der Waals surface area contributed by atoms with Gasteiger partial charge in [-0.25, -0.2) is 4.68 Å². The summed E-state index contributed by atoms with van der Waals surface area (Å²) in [6.45, 7) is 3.50. The van der Waals surface area contributed by atoms with E-state index >= 15 is 0 Å². The quantitative estimate of drug-likeness (QED) is 0.841. The van der Waals surface area contributed by atoms with Gasteiger partial charge in [-0.3, -0.25) is 14.4 Å². The number of aromatic nitrogens is 2. The Kier molecular flexibility index (Phi) is 5.69. The molecule has 7 nitrogen and oxygen atoms in total. The number of rotatable bonds is 5. The van der Waals surface area contributed by atoms with Crippen molar-refractivity contribution in [3.63, 3.8) is 0 Å². The van der Waals surface area contributed by atoms with Crippen LogP contribution < -0.4 is 16.2 Å². The summed E-state index contributed by atoms with van der Waals surface area (Å²) < 4.78 is 1.17. The number of benzene rings is 1. The van der Waals surface area contributed by atoms with Gasteiger partial charge in [0, 0.05) is 23.7 Å². The molecular weight excluding hydrogens is 344 g/mol. The van der Waals surface area contributed by atoms with E-state index in [0.717, 1.165) is 29.8 Å². The zero-order valence-corrected chi connectivity index (χ0v) is 15.6. The second kappa shape index (κ2) is 8.16. The van der Waals surface area contributed by atoms with Gasteiger partial charge >= 0.3 is 0 Å². The van der Waals surface area contributed by atoms with Gasteiger partial charge in [0.15, 0.2) is 0 Å². The van der Waals surface area contributed by atoms with Crippen molar-refractivity contribution in [2.75, 3.05) is 5.32 Å². The number of nitrogens with one attached hydrogen (secondary N) is 2. The number of carbonyl (C=O) groups excluding carboxylic acids is 2. The van der Waals surface area contributed by atoms with Gasteiger partial charge in [-0.2, -0.15) is 5.10 Å². The van der Waals surface area contributed by atoms with E-state index in [1.165, 1.54) is 10.7 Å². The molecular formula is C20H24N4O3. The molecule has 0 saturated heterocycles. The minimum absolute atomic E-state index is 0.0232. The van der Waals surface area contributed by atoms with E-state index in [0.29, 0.717) is 6.42 Å². The number of hydrogen-bond acceptors (Lipinski definition) is 4. The summed E-state index contributed by atoms with van der Waals surface area (Å²) in [4.78, 5) is 36.6. The van der Waals surface area contributed by atoms with Crippen LogP contribution in [-0.2, 0) is 16.1 Å². The fourth-order valence-corrected chi connectivity index (χ4v) is 3.31. The molecule has 3 rings (SSSR count). The van der Waals surface area contributed by atoms with E-state index in [1.807, 2.05) is 37.3 Å². The van der Waals surface area contributed by atoms with Gasteiger partial charge in [0.1, 0.15) is 6.54 Å². The molecule has 27 heavy (non-hydrogen) atoms. The average molecular weight is 368 g/mol. The van der Waals surface area contributed by atoms with Gasteiger partial charge in [0.05, 0.1) is 5.69 Å². The number of carbonyl (C=O) groups is 2. The highest BCUT2D eigenvalue weighted by atomic mass is 16.2. The van der Waals surface area contributed by atoms with Crippen LogP contribution in [0, 0.1) is 19.8 Å². The zero-order chi connectivity index (χ0) is 19.4. The van der Waals surface area contributed by atoms with Crippen molar-refractivity contribution in [3.05, 3.63) is 58.0 Å². The van der Waals surface area contributed by atoms with Gasteiger partial charge in [0.2, 0.25) is 11.8 Å². The number of para-hydroxylation sites is 1. The van der Waals surface area contributed by atoms with E-state index in [1.54, 1.807) is 6.92 Å². The summed E-state index contributed by atoms with van der Waals surface area (Å²) in [5.41, 5.74) is 2.01. The summed E-state index contributed by atoms with van der Waals surface area (Å²) in [7, 11) is 0. The summed E-state index contributed by atoms with van der Waals surface area (Å²) in [5, 5.41) is 9.98. The van der Waals surface area contributed by atoms with Crippen LogP contribution >= 0.6 is 0 Å². The maximum Gasteiger partial charge on any atom is 0.267 e. The maximum atomic E-state index is 12.4. The Balaban J connectivity index is 1.52. The Morgan fingerprint density at radius 2 is 1.93 bits per heavy atom. The average Bonchev–Trinajstić information content (AvgIpc) is 3.09. The van der Waals surface area contributed by atoms with Crippen LogP contribution in [0.1, 0.15) is 30.5 Å². The molecule has 0 bridgehead atoms. The van der Waals surface area contributed by atoms with Crippen LogP contribution in [0.15, 0.2) is 41.2 Å². The first-order chi connectivity index (χ1) is 12.9. The van der Waals surface area contributed by atoms with Crippen molar-refractivity contribution < 1.29 is 9.59 Å². The molecule has 0 aliphatic heterocycles. The van der Waals surface area contributed by atoms with Gasteiger partial charge in [-0.05, 0) is 50.8 Å². The Morgan fingerprint density at radius 1 is 1.19 bits per heavy atom. The maximum absolute atomic E-state index is 12.4. The molecule has 1 aromatic heterocycles. The summed E-state index contributed by atoms with van der Waals surface area (Å²) >= 11 is 0. The lowest BCUT2D eigenvalue weighted by Crippen LogP contribution is -2.39. The van der Waals surface area contributed by atoms with Crippen LogP contribution in [-0.4, -0.2) is 27.6 Å². The van der Waals surface area contributed by atoms with Gasteiger partial charge in [-0.1, -0.05) is 18.2 Å². The molecule has 2 amide bonds. The van der Waals surface area contributed by atoms with Crippen molar-refractivity contribution in [2.24, 2.45) is 5.92 Å². The molecule has 0 unspecified atom stereocenters. The molecule has 1 aliphatic rings. The fourth-order valence-electron chi connectivity index (χ4n) is 3.31. The molecule has 0 radical (unpaired) electrons. The molecule has 0 spiro atoms. The van der Waals surface area contributed by atoms with Crippen molar-refractivity contribution in [1.29, 1.82) is 0 Å².